The number of amides is 2. The predicted octanol–water partition coefficient (Wildman–Crippen LogP) is 3.86. The van der Waals surface area contributed by atoms with Crippen LogP contribution in [-0.4, -0.2) is 50.9 Å². The van der Waals surface area contributed by atoms with Gasteiger partial charge in [-0.25, -0.2) is 4.79 Å². The largest absolute Gasteiger partial charge is 0.444 e. The Morgan fingerprint density at radius 1 is 1.19 bits per heavy atom. The molecular weight excluding hydrogens is 362 g/mol. The molecule has 7 heteroatoms. The summed E-state index contributed by atoms with van der Waals surface area (Å²) < 4.78 is 5.53. The first-order valence-electron chi connectivity index (χ1n) is 9.33. The normalized spacial score (nSPS) is 20.9. The van der Waals surface area contributed by atoms with Gasteiger partial charge in [0, 0.05) is 34.6 Å². The molecule has 0 radical (unpaired) electrons. The molecule has 0 saturated carbocycles. The standard InChI is InChI=1S/C20H31N3O3S/c1-19(2,3)22-17(24)16-13-15(27-14-7-10-21-11-8-14)9-12-23(16)18(25)26-20(4,5)6/h7-8,10-11,15-16H,9,12-13H2,1-6H3,(H,22,24)/t15-,16+/m1/s1. The third-order valence-electron chi connectivity index (χ3n) is 3.94. The Morgan fingerprint density at radius 2 is 1.81 bits per heavy atom. The molecule has 1 aromatic heterocycles. The Hall–Kier alpha value is -1.76. The van der Waals surface area contributed by atoms with Gasteiger partial charge in [0.25, 0.3) is 0 Å². The summed E-state index contributed by atoms with van der Waals surface area (Å²) in [5.41, 5.74) is -0.952. The van der Waals surface area contributed by atoms with Crippen molar-refractivity contribution in [3.63, 3.8) is 0 Å². The van der Waals surface area contributed by atoms with E-state index in [1.807, 2.05) is 53.7 Å². The van der Waals surface area contributed by atoms with E-state index in [2.05, 4.69) is 10.3 Å². The van der Waals surface area contributed by atoms with Crippen molar-refractivity contribution in [2.45, 2.75) is 81.7 Å². The molecule has 0 aromatic carbocycles. The first-order chi connectivity index (χ1) is 12.4. The molecule has 2 heterocycles. The summed E-state index contributed by atoms with van der Waals surface area (Å²) in [6.45, 7) is 11.8. The average Bonchev–Trinajstić information content (AvgIpc) is 2.52. The third kappa shape index (κ3) is 7.05. The van der Waals surface area contributed by atoms with E-state index in [0.717, 1.165) is 11.3 Å². The van der Waals surface area contributed by atoms with Crippen molar-refractivity contribution in [3.8, 4) is 0 Å². The van der Waals surface area contributed by atoms with Crippen LogP contribution in [0.15, 0.2) is 29.4 Å². The van der Waals surface area contributed by atoms with Crippen molar-refractivity contribution >= 4 is 23.8 Å². The lowest BCUT2D eigenvalue weighted by atomic mass is 9.99. The first kappa shape index (κ1) is 21.5. The van der Waals surface area contributed by atoms with Gasteiger partial charge in [0.1, 0.15) is 11.6 Å². The minimum absolute atomic E-state index is 0.131. The number of carbonyl (C=O) groups excluding carboxylic acids is 2. The second-order valence-electron chi connectivity index (χ2n) is 8.88. The summed E-state index contributed by atoms with van der Waals surface area (Å²) in [5.74, 6) is -0.131. The van der Waals surface area contributed by atoms with Crippen LogP contribution in [-0.2, 0) is 9.53 Å². The number of pyridine rings is 1. The SMILES string of the molecule is CC(C)(C)NC(=O)[C@@H]1C[C@H](Sc2ccncc2)CCN1C(=O)OC(C)(C)C. The topological polar surface area (TPSA) is 71.5 Å². The van der Waals surface area contributed by atoms with Crippen LogP contribution in [0.3, 0.4) is 0 Å². The number of likely N-dealkylation sites (tertiary alicyclic amines) is 1. The van der Waals surface area contributed by atoms with Crippen LogP contribution in [0.1, 0.15) is 54.4 Å². The maximum Gasteiger partial charge on any atom is 0.410 e. The number of rotatable bonds is 3. The number of aromatic nitrogens is 1. The molecule has 1 aliphatic rings. The fourth-order valence-electron chi connectivity index (χ4n) is 2.89. The number of nitrogens with one attached hydrogen (secondary N) is 1. The monoisotopic (exact) mass is 393 g/mol. The lowest BCUT2D eigenvalue weighted by molar-refractivity contribution is -0.129. The van der Waals surface area contributed by atoms with E-state index >= 15 is 0 Å². The second kappa shape index (κ2) is 8.50. The molecular formula is C20H31N3O3S. The highest BCUT2D eigenvalue weighted by atomic mass is 32.2. The number of nitrogens with zero attached hydrogens (tertiary/aromatic N) is 2. The van der Waals surface area contributed by atoms with Crippen LogP contribution in [0.25, 0.3) is 0 Å². The number of ether oxygens (including phenoxy) is 1. The number of hydrogen-bond donors (Lipinski definition) is 1. The van der Waals surface area contributed by atoms with Crippen molar-refractivity contribution in [1.82, 2.24) is 15.2 Å². The number of carbonyl (C=O) groups is 2. The zero-order valence-corrected chi connectivity index (χ0v) is 17.9. The van der Waals surface area contributed by atoms with Gasteiger partial charge in [0.15, 0.2) is 0 Å². The van der Waals surface area contributed by atoms with E-state index in [1.165, 1.54) is 0 Å². The predicted molar refractivity (Wildman–Crippen MR) is 108 cm³/mol. The van der Waals surface area contributed by atoms with E-state index < -0.39 is 17.7 Å². The number of thioether (sulfide) groups is 1. The molecule has 6 nitrogen and oxygen atoms in total. The lowest BCUT2D eigenvalue weighted by Gasteiger charge is -2.40. The molecule has 1 aromatic rings. The van der Waals surface area contributed by atoms with Crippen LogP contribution >= 0.6 is 11.8 Å². The van der Waals surface area contributed by atoms with Gasteiger partial charge in [0.2, 0.25) is 5.91 Å². The van der Waals surface area contributed by atoms with E-state index in [4.69, 9.17) is 4.74 Å². The summed E-state index contributed by atoms with van der Waals surface area (Å²) in [4.78, 5) is 32.3. The summed E-state index contributed by atoms with van der Waals surface area (Å²) in [6.07, 6.45) is 4.51. The second-order valence-corrected chi connectivity index (χ2v) is 10.2. The molecule has 1 saturated heterocycles. The summed E-state index contributed by atoms with van der Waals surface area (Å²) in [5, 5.41) is 3.26. The zero-order valence-electron chi connectivity index (χ0n) is 17.1. The molecule has 27 heavy (non-hydrogen) atoms. The van der Waals surface area contributed by atoms with Crippen LogP contribution in [0.4, 0.5) is 4.79 Å². The molecule has 0 bridgehead atoms. The Labute approximate surface area is 166 Å². The van der Waals surface area contributed by atoms with E-state index in [0.29, 0.717) is 13.0 Å². The van der Waals surface area contributed by atoms with Gasteiger partial charge in [0.05, 0.1) is 0 Å². The van der Waals surface area contributed by atoms with E-state index in [-0.39, 0.29) is 16.7 Å². The minimum atomic E-state index is -0.592. The van der Waals surface area contributed by atoms with Gasteiger partial charge < -0.3 is 10.1 Å². The number of piperidine rings is 1. The Kier molecular flexibility index (Phi) is 6.78. The van der Waals surface area contributed by atoms with Gasteiger partial charge in [-0.3, -0.25) is 14.7 Å². The quantitative estimate of drug-likeness (QED) is 0.844. The summed E-state index contributed by atoms with van der Waals surface area (Å²) in [7, 11) is 0. The van der Waals surface area contributed by atoms with Crippen molar-refractivity contribution in [1.29, 1.82) is 0 Å². The van der Waals surface area contributed by atoms with Crippen molar-refractivity contribution in [2.24, 2.45) is 0 Å². The Morgan fingerprint density at radius 3 is 2.37 bits per heavy atom. The highest BCUT2D eigenvalue weighted by Gasteiger charge is 2.39. The molecule has 1 aliphatic heterocycles. The highest BCUT2D eigenvalue weighted by Crippen LogP contribution is 2.33. The molecule has 2 atom stereocenters. The van der Waals surface area contributed by atoms with Crippen LogP contribution < -0.4 is 5.32 Å². The van der Waals surface area contributed by atoms with E-state index in [9.17, 15) is 9.59 Å². The minimum Gasteiger partial charge on any atom is -0.444 e. The Bertz CT molecular complexity index is 653. The number of hydrogen-bond acceptors (Lipinski definition) is 5. The molecule has 2 amide bonds. The highest BCUT2D eigenvalue weighted by molar-refractivity contribution is 8.00. The van der Waals surface area contributed by atoms with Gasteiger partial charge >= 0.3 is 6.09 Å². The molecule has 1 fully saturated rings. The first-order valence-corrected chi connectivity index (χ1v) is 10.2. The molecule has 0 aliphatic carbocycles. The smallest absolute Gasteiger partial charge is 0.410 e. The Balaban J connectivity index is 2.14. The maximum absolute atomic E-state index is 12.9. The van der Waals surface area contributed by atoms with Gasteiger partial charge in [-0.1, -0.05) is 0 Å². The fourth-order valence-corrected chi connectivity index (χ4v) is 4.06. The van der Waals surface area contributed by atoms with Crippen molar-refractivity contribution < 1.29 is 14.3 Å². The maximum atomic E-state index is 12.9. The molecule has 2 rings (SSSR count). The van der Waals surface area contributed by atoms with Gasteiger partial charge in [-0.2, -0.15) is 0 Å². The van der Waals surface area contributed by atoms with Crippen molar-refractivity contribution in [3.05, 3.63) is 24.5 Å². The van der Waals surface area contributed by atoms with E-state index in [1.54, 1.807) is 29.1 Å². The average molecular weight is 394 g/mol. The lowest BCUT2D eigenvalue weighted by Crippen LogP contribution is -2.57. The molecule has 0 unspecified atom stereocenters. The zero-order chi connectivity index (χ0) is 20.2. The van der Waals surface area contributed by atoms with Crippen LogP contribution in [0.2, 0.25) is 0 Å². The summed E-state index contributed by atoms with van der Waals surface area (Å²) in [6, 6.07) is 3.40. The fraction of sp³-hybridized carbons (Fsp3) is 0.650. The molecule has 0 spiro atoms. The summed E-state index contributed by atoms with van der Waals surface area (Å²) >= 11 is 1.73. The van der Waals surface area contributed by atoms with Gasteiger partial charge in [-0.05, 0) is 66.5 Å². The van der Waals surface area contributed by atoms with Gasteiger partial charge in [-0.15, -0.1) is 11.8 Å². The third-order valence-corrected chi connectivity index (χ3v) is 5.24. The molecule has 150 valence electrons. The molecule has 1 N–H and O–H groups in total. The van der Waals surface area contributed by atoms with Crippen molar-refractivity contribution in [2.75, 3.05) is 6.54 Å². The van der Waals surface area contributed by atoms with Crippen LogP contribution in [0, 0.1) is 0 Å². The van der Waals surface area contributed by atoms with Crippen LogP contribution in [0.5, 0.6) is 0 Å².